The van der Waals surface area contributed by atoms with Gasteiger partial charge in [-0.3, -0.25) is 4.68 Å². The first-order valence-electron chi connectivity index (χ1n) is 6.09. The number of rotatable bonds is 3. The number of fused-ring (bicyclic) bond motifs is 1. The first-order chi connectivity index (χ1) is 9.16. The molecule has 3 aromatic rings. The monoisotopic (exact) mass is 275 g/mol. The smallest absolute Gasteiger partial charge is 0.160 e. The number of nitrogens with zero attached hydrogens (tertiary/aromatic N) is 5. The first-order valence-corrected chi connectivity index (χ1v) is 6.52. The fourth-order valence-electron chi connectivity index (χ4n) is 2.15. The van der Waals surface area contributed by atoms with Crippen LogP contribution in [0.15, 0.2) is 30.6 Å². The number of pyridine rings is 1. The SMILES string of the molecule is CC(Cl)c1nc2cccnc2n1Cc1ccnn1C. The van der Waals surface area contributed by atoms with E-state index in [0.717, 1.165) is 22.7 Å². The van der Waals surface area contributed by atoms with Gasteiger partial charge < -0.3 is 4.57 Å². The molecule has 1 unspecified atom stereocenters. The van der Waals surface area contributed by atoms with E-state index in [0.29, 0.717) is 6.54 Å². The van der Waals surface area contributed by atoms with Crippen molar-refractivity contribution < 1.29 is 0 Å². The highest BCUT2D eigenvalue weighted by Crippen LogP contribution is 2.24. The molecule has 0 aliphatic carbocycles. The van der Waals surface area contributed by atoms with E-state index in [4.69, 9.17) is 11.6 Å². The zero-order valence-electron chi connectivity index (χ0n) is 10.8. The molecule has 0 aromatic carbocycles. The van der Waals surface area contributed by atoms with E-state index in [1.54, 1.807) is 12.4 Å². The van der Waals surface area contributed by atoms with Crippen molar-refractivity contribution in [3.8, 4) is 0 Å². The van der Waals surface area contributed by atoms with Gasteiger partial charge >= 0.3 is 0 Å². The normalized spacial score (nSPS) is 13.0. The van der Waals surface area contributed by atoms with Gasteiger partial charge in [0.1, 0.15) is 11.3 Å². The zero-order chi connectivity index (χ0) is 13.4. The molecule has 0 spiro atoms. The van der Waals surface area contributed by atoms with Crippen LogP contribution in [0.3, 0.4) is 0 Å². The van der Waals surface area contributed by atoms with Crippen molar-refractivity contribution in [3.63, 3.8) is 0 Å². The highest BCUT2D eigenvalue weighted by molar-refractivity contribution is 6.20. The van der Waals surface area contributed by atoms with Gasteiger partial charge in [-0.1, -0.05) is 0 Å². The summed E-state index contributed by atoms with van der Waals surface area (Å²) in [5, 5.41) is 4.02. The maximum Gasteiger partial charge on any atom is 0.160 e. The average Bonchev–Trinajstić information content (AvgIpc) is 2.95. The number of imidazole rings is 1. The summed E-state index contributed by atoms with van der Waals surface area (Å²) in [6, 6.07) is 5.81. The molecule has 98 valence electrons. The van der Waals surface area contributed by atoms with E-state index >= 15 is 0 Å². The lowest BCUT2D eigenvalue weighted by Crippen LogP contribution is -2.09. The van der Waals surface area contributed by atoms with Gasteiger partial charge in [0.2, 0.25) is 0 Å². The topological polar surface area (TPSA) is 48.5 Å². The van der Waals surface area contributed by atoms with Crippen LogP contribution in [0.25, 0.3) is 11.2 Å². The van der Waals surface area contributed by atoms with Gasteiger partial charge in [-0.25, -0.2) is 9.97 Å². The third-order valence-electron chi connectivity index (χ3n) is 3.13. The summed E-state index contributed by atoms with van der Waals surface area (Å²) >= 11 is 6.23. The quantitative estimate of drug-likeness (QED) is 0.690. The fourth-order valence-corrected chi connectivity index (χ4v) is 2.32. The van der Waals surface area contributed by atoms with Crippen LogP contribution < -0.4 is 0 Å². The molecule has 0 saturated carbocycles. The number of aryl methyl sites for hydroxylation is 1. The molecule has 6 heteroatoms. The van der Waals surface area contributed by atoms with Crippen molar-refractivity contribution in [1.82, 2.24) is 24.3 Å². The van der Waals surface area contributed by atoms with Gasteiger partial charge in [-0.2, -0.15) is 5.10 Å². The Hall–Kier alpha value is -1.88. The third kappa shape index (κ3) is 2.10. The molecule has 3 heterocycles. The maximum absolute atomic E-state index is 6.23. The molecule has 3 rings (SSSR count). The van der Waals surface area contributed by atoms with Crippen LogP contribution in [0, 0.1) is 0 Å². The molecule has 0 radical (unpaired) electrons. The molecule has 19 heavy (non-hydrogen) atoms. The Morgan fingerprint density at radius 3 is 2.84 bits per heavy atom. The summed E-state index contributed by atoms with van der Waals surface area (Å²) in [6.07, 6.45) is 3.55. The van der Waals surface area contributed by atoms with Gasteiger partial charge in [-0.15, -0.1) is 11.6 Å². The van der Waals surface area contributed by atoms with Crippen LogP contribution >= 0.6 is 11.6 Å². The van der Waals surface area contributed by atoms with Crippen molar-refractivity contribution >= 4 is 22.8 Å². The summed E-state index contributed by atoms with van der Waals surface area (Å²) < 4.78 is 3.89. The standard InChI is InChI=1S/C13H14ClN5/c1-9(14)12-17-11-4-3-6-15-13(11)19(12)8-10-5-7-16-18(10)2/h3-7,9H,8H2,1-2H3. The Kier molecular flexibility index (Phi) is 2.98. The largest absolute Gasteiger partial charge is 0.305 e. The van der Waals surface area contributed by atoms with Crippen molar-refractivity contribution in [3.05, 3.63) is 42.1 Å². The Labute approximate surface area is 115 Å². The minimum absolute atomic E-state index is 0.164. The lowest BCUT2D eigenvalue weighted by Gasteiger charge is -2.10. The lowest BCUT2D eigenvalue weighted by atomic mass is 10.3. The van der Waals surface area contributed by atoms with E-state index in [1.165, 1.54) is 0 Å². The maximum atomic E-state index is 6.23. The number of hydrogen-bond acceptors (Lipinski definition) is 3. The van der Waals surface area contributed by atoms with Gasteiger partial charge in [-0.05, 0) is 25.1 Å². The molecule has 1 atom stereocenters. The van der Waals surface area contributed by atoms with E-state index in [1.807, 2.05) is 41.4 Å². The van der Waals surface area contributed by atoms with Gasteiger partial charge in [0.05, 0.1) is 17.6 Å². The fraction of sp³-hybridized carbons (Fsp3) is 0.308. The number of aromatic nitrogens is 5. The van der Waals surface area contributed by atoms with Crippen molar-refractivity contribution in [2.75, 3.05) is 0 Å². The minimum Gasteiger partial charge on any atom is -0.305 e. The molecule has 3 aromatic heterocycles. The van der Waals surface area contributed by atoms with Crippen LogP contribution in [0.5, 0.6) is 0 Å². The predicted octanol–water partition coefficient (Wildman–Crippen LogP) is 2.51. The molecule has 0 aliphatic heterocycles. The van der Waals surface area contributed by atoms with E-state index < -0.39 is 0 Å². The molecule has 0 saturated heterocycles. The molecule has 0 N–H and O–H groups in total. The minimum atomic E-state index is -0.164. The predicted molar refractivity (Wildman–Crippen MR) is 74.1 cm³/mol. The Morgan fingerprint density at radius 2 is 2.16 bits per heavy atom. The summed E-state index contributed by atoms with van der Waals surface area (Å²) in [5.74, 6) is 0.830. The van der Waals surface area contributed by atoms with Gasteiger partial charge in [0.15, 0.2) is 5.65 Å². The molecule has 0 aliphatic rings. The molecule has 0 bridgehead atoms. The van der Waals surface area contributed by atoms with Crippen molar-refractivity contribution in [1.29, 1.82) is 0 Å². The highest BCUT2D eigenvalue weighted by atomic mass is 35.5. The zero-order valence-corrected chi connectivity index (χ0v) is 11.5. The first kappa shape index (κ1) is 12.2. The van der Waals surface area contributed by atoms with Crippen molar-refractivity contribution in [2.24, 2.45) is 7.05 Å². The van der Waals surface area contributed by atoms with Gasteiger partial charge in [0, 0.05) is 19.4 Å². The van der Waals surface area contributed by atoms with Crippen LogP contribution in [-0.2, 0) is 13.6 Å². The second-order valence-corrected chi connectivity index (χ2v) is 5.12. The average molecular weight is 276 g/mol. The Balaban J connectivity index is 2.15. The second-order valence-electron chi connectivity index (χ2n) is 4.46. The lowest BCUT2D eigenvalue weighted by molar-refractivity contribution is 0.651. The van der Waals surface area contributed by atoms with E-state index in [-0.39, 0.29) is 5.38 Å². The van der Waals surface area contributed by atoms with E-state index in [9.17, 15) is 0 Å². The summed E-state index contributed by atoms with van der Waals surface area (Å²) in [4.78, 5) is 8.97. The molecule has 0 amide bonds. The number of hydrogen-bond donors (Lipinski definition) is 0. The third-order valence-corrected chi connectivity index (χ3v) is 3.33. The number of alkyl halides is 1. The molecule has 5 nitrogen and oxygen atoms in total. The van der Waals surface area contributed by atoms with Crippen LogP contribution in [0.2, 0.25) is 0 Å². The van der Waals surface area contributed by atoms with E-state index in [2.05, 4.69) is 15.1 Å². The molecular weight excluding hydrogens is 262 g/mol. The summed E-state index contributed by atoms with van der Waals surface area (Å²) in [6.45, 7) is 2.58. The summed E-state index contributed by atoms with van der Waals surface area (Å²) in [7, 11) is 1.92. The summed E-state index contributed by atoms with van der Waals surface area (Å²) in [5.41, 5.74) is 2.81. The Bertz CT molecular complexity index is 713. The molecular formula is C13H14ClN5. The highest BCUT2D eigenvalue weighted by Gasteiger charge is 2.16. The van der Waals surface area contributed by atoms with Gasteiger partial charge in [0.25, 0.3) is 0 Å². The number of halogens is 1. The molecule has 0 fully saturated rings. The Morgan fingerprint density at radius 1 is 1.32 bits per heavy atom. The van der Waals surface area contributed by atoms with Crippen molar-refractivity contribution in [2.45, 2.75) is 18.8 Å². The van der Waals surface area contributed by atoms with Crippen LogP contribution in [-0.4, -0.2) is 24.3 Å². The second kappa shape index (κ2) is 4.66. The van der Waals surface area contributed by atoms with Crippen LogP contribution in [0.4, 0.5) is 0 Å². The van der Waals surface area contributed by atoms with Crippen LogP contribution in [0.1, 0.15) is 23.8 Å².